The molecule has 0 aliphatic carbocycles. The first-order chi connectivity index (χ1) is 7.20. The second-order valence-corrected chi connectivity index (χ2v) is 5.72. The Balaban J connectivity index is 2.23. The van der Waals surface area contributed by atoms with E-state index in [0.29, 0.717) is 5.92 Å². The van der Waals surface area contributed by atoms with E-state index in [9.17, 15) is 0 Å². The Morgan fingerprint density at radius 2 is 2.33 bits per heavy atom. The smallest absolute Gasteiger partial charge is 0.0547 e. The van der Waals surface area contributed by atoms with Gasteiger partial charge in [0.2, 0.25) is 0 Å². The molecule has 82 valence electrons. The molecule has 0 aromatic heterocycles. The fourth-order valence-corrected chi connectivity index (χ4v) is 3.42. The number of hydrogen-bond donors (Lipinski definition) is 1. The van der Waals surface area contributed by atoms with Crippen LogP contribution in [0.1, 0.15) is 18.1 Å². The third kappa shape index (κ3) is 2.49. The van der Waals surface area contributed by atoms with Gasteiger partial charge in [-0.15, -0.1) is 11.8 Å². The molecule has 0 saturated heterocycles. The maximum Gasteiger partial charge on any atom is 0.0547 e. The lowest BCUT2D eigenvalue weighted by Crippen LogP contribution is -2.13. The summed E-state index contributed by atoms with van der Waals surface area (Å²) < 4.78 is 0. The van der Waals surface area contributed by atoms with E-state index in [2.05, 4.69) is 19.1 Å². The summed E-state index contributed by atoms with van der Waals surface area (Å²) in [4.78, 5) is 1.29. The molecule has 1 atom stereocenters. The standard InChI is InChI=1S/C12H16ClNS/c1-8(7-14)4-9-5-10-2-3-15-12(10)11(13)6-9/h5-6,8H,2-4,7,14H2,1H3. The molecule has 0 fully saturated rings. The van der Waals surface area contributed by atoms with Gasteiger partial charge < -0.3 is 5.73 Å². The van der Waals surface area contributed by atoms with E-state index in [1.165, 1.54) is 21.8 Å². The van der Waals surface area contributed by atoms with E-state index in [1.54, 1.807) is 0 Å². The number of benzene rings is 1. The molecule has 0 saturated carbocycles. The van der Waals surface area contributed by atoms with Crippen LogP contribution >= 0.6 is 23.4 Å². The largest absolute Gasteiger partial charge is 0.330 e. The van der Waals surface area contributed by atoms with Crippen LogP contribution in [0.25, 0.3) is 0 Å². The Bertz CT molecular complexity index is 365. The van der Waals surface area contributed by atoms with Gasteiger partial charge in [0.25, 0.3) is 0 Å². The van der Waals surface area contributed by atoms with E-state index in [4.69, 9.17) is 17.3 Å². The molecule has 2 N–H and O–H groups in total. The first kappa shape index (κ1) is 11.3. The molecular weight excluding hydrogens is 226 g/mol. The van der Waals surface area contributed by atoms with Crippen LogP contribution in [-0.2, 0) is 12.8 Å². The van der Waals surface area contributed by atoms with Gasteiger partial charge in [-0.05, 0) is 42.5 Å². The molecule has 1 aliphatic rings. The van der Waals surface area contributed by atoms with Crippen LogP contribution in [0.3, 0.4) is 0 Å². The van der Waals surface area contributed by atoms with Crippen molar-refractivity contribution in [3.8, 4) is 0 Å². The van der Waals surface area contributed by atoms with Crippen LogP contribution in [0.2, 0.25) is 5.02 Å². The summed E-state index contributed by atoms with van der Waals surface area (Å²) in [7, 11) is 0. The van der Waals surface area contributed by atoms with Crippen molar-refractivity contribution in [3.05, 3.63) is 28.3 Å². The number of hydrogen-bond acceptors (Lipinski definition) is 2. The SMILES string of the molecule is CC(CN)Cc1cc(Cl)c2c(c1)CCS2. The highest BCUT2D eigenvalue weighted by molar-refractivity contribution is 7.99. The second-order valence-electron chi connectivity index (χ2n) is 4.21. The fourth-order valence-electron chi connectivity index (χ4n) is 1.93. The highest BCUT2D eigenvalue weighted by Crippen LogP contribution is 2.38. The fraction of sp³-hybridized carbons (Fsp3) is 0.500. The maximum atomic E-state index is 6.25. The minimum atomic E-state index is 0.535. The number of fused-ring (bicyclic) bond motifs is 1. The molecule has 0 bridgehead atoms. The van der Waals surface area contributed by atoms with E-state index >= 15 is 0 Å². The minimum Gasteiger partial charge on any atom is -0.330 e. The summed E-state index contributed by atoms with van der Waals surface area (Å²) in [6, 6.07) is 4.40. The van der Waals surface area contributed by atoms with Crippen molar-refractivity contribution in [2.24, 2.45) is 11.7 Å². The first-order valence-corrected chi connectivity index (χ1v) is 6.71. The van der Waals surface area contributed by atoms with Crippen LogP contribution in [0.15, 0.2) is 17.0 Å². The highest BCUT2D eigenvalue weighted by atomic mass is 35.5. The van der Waals surface area contributed by atoms with Crippen LogP contribution in [-0.4, -0.2) is 12.3 Å². The molecule has 3 heteroatoms. The second kappa shape index (κ2) is 4.77. The van der Waals surface area contributed by atoms with Crippen molar-refractivity contribution in [2.75, 3.05) is 12.3 Å². The molecule has 0 radical (unpaired) electrons. The molecule has 1 aromatic carbocycles. The van der Waals surface area contributed by atoms with Gasteiger partial charge in [0.05, 0.1) is 5.02 Å². The van der Waals surface area contributed by atoms with Crippen LogP contribution in [0, 0.1) is 5.92 Å². The van der Waals surface area contributed by atoms with E-state index in [-0.39, 0.29) is 0 Å². The van der Waals surface area contributed by atoms with Crippen molar-refractivity contribution in [1.29, 1.82) is 0 Å². The summed E-state index contributed by atoms with van der Waals surface area (Å²) in [5, 5.41) is 0.925. The summed E-state index contributed by atoms with van der Waals surface area (Å²) in [6.07, 6.45) is 2.19. The summed E-state index contributed by atoms with van der Waals surface area (Å²) in [5.41, 5.74) is 8.39. The van der Waals surface area contributed by atoms with Gasteiger partial charge in [0, 0.05) is 10.6 Å². The van der Waals surface area contributed by atoms with Gasteiger partial charge in [-0.2, -0.15) is 0 Å². The van der Waals surface area contributed by atoms with Crippen molar-refractivity contribution in [3.63, 3.8) is 0 Å². The molecule has 0 amide bonds. The monoisotopic (exact) mass is 241 g/mol. The van der Waals surface area contributed by atoms with E-state index in [1.807, 2.05) is 11.8 Å². The third-order valence-corrected chi connectivity index (χ3v) is 4.37. The Kier molecular flexibility index (Phi) is 3.60. The predicted octanol–water partition coefficient (Wildman–Crippen LogP) is 3.13. The van der Waals surface area contributed by atoms with Gasteiger partial charge in [-0.1, -0.05) is 24.6 Å². The minimum absolute atomic E-state index is 0.535. The van der Waals surface area contributed by atoms with Crippen molar-refractivity contribution < 1.29 is 0 Å². The quantitative estimate of drug-likeness (QED) is 0.880. The van der Waals surface area contributed by atoms with E-state index < -0.39 is 0 Å². The predicted molar refractivity (Wildman–Crippen MR) is 67.8 cm³/mol. The number of nitrogens with two attached hydrogens (primary N) is 1. The average Bonchev–Trinajstić information content (AvgIpc) is 2.66. The molecule has 0 spiro atoms. The van der Waals surface area contributed by atoms with Gasteiger partial charge in [0.1, 0.15) is 0 Å². The van der Waals surface area contributed by atoms with Gasteiger partial charge in [0.15, 0.2) is 0 Å². The Hall–Kier alpha value is -0.180. The van der Waals surface area contributed by atoms with Crippen molar-refractivity contribution in [2.45, 2.75) is 24.7 Å². The van der Waals surface area contributed by atoms with Crippen LogP contribution < -0.4 is 5.73 Å². The van der Waals surface area contributed by atoms with Crippen molar-refractivity contribution in [1.82, 2.24) is 0 Å². The third-order valence-electron chi connectivity index (χ3n) is 2.78. The molecular formula is C12H16ClNS. The topological polar surface area (TPSA) is 26.0 Å². The summed E-state index contributed by atoms with van der Waals surface area (Å²) in [6.45, 7) is 2.92. The molecule has 1 aliphatic heterocycles. The van der Waals surface area contributed by atoms with Gasteiger partial charge in [-0.25, -0.2) is 0 Å². The molecule has 2 rings (SSSR count). The number of aryl methyl sites for hydroxylation is 1. The molecule has 1 unspecified atom stereocenters. The van der Waals surface area contributed by atoms with Crippen molar-refractivity contribution >= 4 is 23.4 Å². The zero-order valence-corrected chi connectivity index (χ0v) is 10.5. The Morgan fingerprint density at radius 1 is 1.53 bits per heavy atom. The normalized spacial score (nSPS) is 16.5. The van der Waals surface area contributed by atoms with Gasteiger partial charge >= 0.3 is 0 Å². The molecule has 15 heavy (non-hydrogen) atoms. The van der Waals surface area contributed by atoms with E-state index in [0.717, 1.165) is 24.4 Å². The van der Waals surface area contributed by atoms with Gasteiger partial charge in [-0.3, -0.25) is 0 Å². The maximum absolute atomic E-state index is 6.25. The molecule has 1 aromatic rings. The lowest BCUT2D eigenvalue weighted by atomic mass is 9.99. The molecule has 1 heterocycles. The number of rotatable bonds is 3. The number of thioether (sulfide) groups is 1. The lowest BCUT2D eigenvalue weighted by molar-refractivity contribution is 0.592. The lowest BCUT2D eigenvalue weighted by Gasteiger charge is -2.10. The highest BCUT2D eigenvalue weighted by Gasteiger charge is 2.16. The zero-order valence-electron chi connectivity index (χ0n) is 8.92. The zero-order chi connectivity index (χ0) is 10.8. The van der Waals surface area contributed by atoms with Crippen LogP contribution in [0.5, 0.6) is 0 Å². The Labute approximate surface area is 100 Å². The molecule has 1 nitrogen and oxygen atoms in total. The Morgan fingerprint density at radius 3 is 3.07 bits per heavy atom. The number of halogens is 1. The summed E-state index contributed by atoms with van der Waals surface area (Å²) >= 11 is 8.12. The average molecular weight is 242 g/mol. The first-order valence-electron chi connectivity index (χ1n) is 5.35. The van der Waals surface area contributed by atoms with Crippen LogP contribution in [0.4, 0.5) is 0 Å². The summed E-state index contributed by atoms with van der Waals surface area (Å²) in [5.74, 6) is 1.71.